The van der Waals surface area contributed by atoms with E-state index in [1.54, 1.807) is 0 Å². The van der Waals surface area contributed by atoms with Gasteiger partial charge in [-0.3, -0.25) is 9.52 Å². The second-order valence-corrected chi connectivity index (χ2v) is 7.55. The lowest BCUT2D eigenvalue weighted by atomic mass is 10.2. The lowest BCUT2D eigenvalue weighted by Crippen LogP contribution is -2.17. The number of methoxy groups -OCH3 is 1. The van der Waals surface area contributed by atoms with Crippen molar-refractivity contribution >= 4 is 42.4 Å². The van der Waals surface area contributed by atoms with Gasteiger partial charge < -0.3 is 4.74 Å². The highest BCUT2D eigenvalue weighted by Gasteiger charge is 2.16. The largest absolute Gasteiger partial charge is 0.469 e. The minimum absolute atomic E-state index is 0.100. The topological polar surface area (TPSA) is 72.5 Å². The molecule has 0 spiro atoms. The molecule has 0 aliphatic rings. The molecule has 1 N–H and O–H groups in total. The highest BCUT2D eigenvalue weighted by atomic mass is 32.2. The number of hydrogen-bond donors (Lipinski definition) is 1. The highest BCUT2D eigenvalue weighted by molar-refractivity contribution is 7.92. The molecule has 0 aliphatic heterocycles. The zero-order chi connectivity index (χ0) is 15.5. The van der Waals surface area contributed by atoms with E-state index in [9.17, 15) is 13.2 Å². The van der Waals surface area contributed by atoms with Gasteiger partial charge in [0.1, 0.15) is 5.00 Å². The Morgan fingerprint density at radius 2 is 2.05 bits per heavy atom. The molecular weight excluding hydrogens is 310 g/mol. The Labute approximate surface area is 128 Å². The molecule has 0 radical (unpaired) electrons. The maximum Gasteiger partial charge on any atom is 0.305 e. The Bertz CT molecular complexity index is 749. The first-order chi connectivity index (χ1) is 9.93. The summed E-state index contributed by atoms with van der Waals surface area (Å²) >= 11 is 1.41. The van der Waals surface area contributed by atoms with Crippen molar-refractivity contribution < 1.29 is 17.9 Å². The first-order valence-corrected chi connectivity index (χ1v) is 8.95. The smallest absolute Gasteiger partial charge is 0.305 e. The fourth-order valence-corrected chi connectivity index (χ4v) is 4.54. The predicted molar refractivity (Wildman–Crippen MR) is 85.2 cm³/mol. The van der Waals surface area contributed by atoms with Gasteiger partial charge in [-0.15, -0.1) is 11.3 Å². The molecule has 2 rings (SSSR count). The number of anilines is 1. The molecule has 1 aromatic carbocycles. The van der Waals surface area contributed by atoms with Gasteiger partial charge in [0.25, 0.3) is 0 Å². The van der Waals surface area contributed by atoms with Gasteiger partial charge in [-0.05, 0) is 30.4 Å². The second-order valence-electron chi connectivity index (χ2n) is 4.65. The molecule has 0 amide bonds. The molecule has 1 aromatic heterocycles. The van der Waals surface area contributed by atoms with Crippen molar-refractivity contribution in [3.63, 3.8) is 0 Å². The standard InChI is InChI=1S/C14H17NO4S2/c1-10-11-6-3-4-7-12(11)20-14(10)15-21(17,18)9-5-8-13(16)19-2/h3-4,6-7,15H,5,8-9H2,1-2H3. The molecule has 5 nitrogen and oxygen atoms in total. The lowest BCUT2D eigenvalue weighted by Gasteiger charge is -2.06. The van der Waals surface area contributed by atoms with Crippen LogP contribution in [0, 0.1) is 6.92 Å². The number of fused-ring (bicyclic) bond motifs is 1. The second kappa shape index (κ2) is 6.44. The van der Waals surface area contributed by atoms with Crippen molar-refractivity contribution in [2.24, 2.45) is 0 Å². The van der Waals surface area contributed by atoms with Crippen LogP contribution in [0.1, 0.15) is 18.4 Å². The van der Waals surface area contributed by atoms with E-state index >= 15 is 0 Å². The molecular formula is C14H17NO4S2. The van der Waals surface area contributed by atoms with Gasteiger partial charge in [0.05, 0.1) is 12.9 Å². The molecule has 0 fully saturated rings. The van der Waals surface area contributed by atoms with Crippen LogP contribution in [0.2, 0.25) is 0 Å². The highest BCUT2D eigenvalue weighted by Crippen LogP contribution is 2.35. The Morgan fingerprint density at radius 1 is 1.33 bits per heavy atom. The number of aryl methyl sites for hydroxylation is 1. The van der Waals surface area contributed by atoms with E-state index in [0.717, 1.165) is 15.6 Å². The molecule has 7 heteroatoms. The van der Waals surface area contributed by atoms with Crippen LogP contribution in [0.15, 0.2) is 24.3 Å². The minimum atomic E-state index is -3.46. The fourth-order valence-electron chi connectivity index (χ4n) is 1.97. The number of carbonyl (C=O) groups is 1. The number of benzene rings is 1. The van der Waals surface area contributed by atoms with Crippen molar-refractivity contribution in [3.8, 4) is 0 Å². The minimum Gasteiger partial charge on any atom is -0.469 e. The molecule has 0 unspecified atom stereocenters. The van der Waals surface area contributed by atoms with Crippen molar-refractivity contribution in [2.75, 3.05) is 17.6 Å². The summed E-state index contributed by atoms with van der Waals surface area (Å²) in [4.78, 5) is 11.0. The number of sulfonamides is 1. The van der Waals surface area contributed by atoms with Gasteiger partial charge in [0.15, 0.2) is 0 Å². The molecule has 0 aliphatic carbocycles. The van der Waals surface area contributed by atoms with E-state index in [-0.39, 0.29) is 18.6 Å². The third-order valence-corrected chi connectivity index (χ3v) is 5.77. The summed E-state index contributed by atoms with van der Waals surface area (Å²) < 4.78 is 32.2. The molecule has 114 valence electrons. The van der Waals surface area contributed by atoms with Crippen LogP contribution in [0.5, 0.6) is 0 Å². The van der Waals surface area contributed by atoms with Gasteiger partial charge in [-0.1, -0.05) is 18.2 Å². The maximum atomic E-state index is 12.0. The first kappa shape index (κ1) is 15.8. The van der Waals surface area contributed by atoms with E-state index < -0.39 is 16.0 Å². The van der Waals surface area contributed by atoms with Crippen LogP contribution < -0.4 is 4.72 Å². The van der Waals surface area contributed by atoms with Crippen molar-refractivity contribution in [1.82, 2.24) is 0 Å². The van der Waals surface area contributed by atoms with E-state index in [0.29, 0.717) is 5.00 Å². The molecule has 2 aromatic rings. The number of esters is 1. The Balaban J connectivity index is 2.08. The summed E-state index contributed by atoms with van der Waals surface area (Å²) in [6.07, 6.45) is 0.342. The monoisotopic (exact) mass is 327 g/mol. The summed E-state index contributed by atoms with van der Waals surface area (Å²) in [7, 11) is -2.17. The molecule has 1 heterocycles. The predicted octanol–water partition coefficient (Wildman–Crippen LogP) is 2.90. The fraction of sp³-hybridized carbons (Fsp3) is 0.357. The van der Waals surface area contributed by atoms with Gasteiger partial charge in [-0.25, -0.2) is 8.42 Å². The lowest BCUT2D eigenvalue weighted by molar-refractivity contribution is -0.140. The van der Waals surface area contributed by atoms with Crippen LogP contribution in [-0.4, -0.2) is 27.2 Å². The van der Waals surface area contributed by atoms with E-state index in [4.69, 9.17) is 0 Å². The van der Waals surface area contributed by atoms with Crippen LogP contribution in [0.4, 0.5) is 5.00 Å². The van der Waals surface area contributed by atoms with Gasteiger partial charge in [0.2, 0.25) is 10.0 Å². The Morgan fingerprint density at radius 3 is 2.71 bits per heavy atom. The Kier molecular flexibility index (Phi) is 4.84. The van der Waals surface area contributed by atoms with Crippen LogP contribution in [-0.2, 0) is 19.6 Å². The number of carbonyl (C=O) groups excluding carboxylic acids is 1. The third-order valence-electron chi connectivity index (χ3n) is 3.11. The normalized spacial score (nSPS) is 11.5. The molecule has 21 heavy (non-hydrogen) atoms. The summed E-state index contributed by atoms with van der Waals surface area (Å²) in [6.45, 7) is 1.89. The molecule has 0 saturated heterocycles. The van der Waals surface area contributed by atoms with Crippen molar-refractivity contribution in [1.29, 1.82) is 0 Å². The van der Waals surface area contributed by atoms with Gasteiger partial charge in [0, 0.05) is 11.1 Å². The summed E-state index contributed by atoms with van der Waals surface area (Å²) in [6, 6.07) is 7.78. The third kappa shape index (κ3) is 3.95. The molecule has 0 saturated carbocycles. The summed E-state index contributed by atoms with van der Waals surface area (Å²) in [5.74, 6) is -0.501. The Hall–Kier alpha value is -1.60. The zero-order valence-corrected chi connectivity index (χ0v) is 13.5. The summed E-state index contributed by atoms with van der Waals surface area (Å²) in [5.41, 5.74) is 0.923. The number of hydrogen-bond acceptors (Lipinski definition) is 5. The van der Waals surface area contributed by atoms with E-state index in [1.165, 1.54) is 18.4 Å². The number of thiophene rings is 1. The van der Waals surface area contributed by atoms with Crippen molar-refractivity contribution in [2.45, 2.75) is 19.8 Å². The molecule has 0 bridgehead atoms. The van der Waals surface area contributed by atoms with Crippen LogP contribution >= 0.6 is 11.3 Å². The number of rotatable bonds is 6. The van der Waals surface area contributed by atoms with Gasteiger partial charge >= 0.3 is 5.97 Å². The van der Waals surface area contributed by atoms with Crippen LogP contribution in [0.25, 0.3) is 10.1 Å². The SMILES string of the molecule is COC(=O)CCCS(=O)(=O)Nc1sc2ccccc2c1C. The average Bonchev–Trinajstić information content (AvgIpc) is 2.75. The maximum absolute atomic E-state index is 12.0. The quantitative estimate of drug-likeness (QED) is 0.828. The molecule has 0 atom stereocenters. The number of nitrogens with one attached hydrogen (secondary N) is 1. The average molecular weight is 327 g/mol. The summed E-state index contributed by atoms with van der Waals surface area (Å²) in [5, 5.41) is 1.68. The van der Waals surface area contributed by atoms with Gasteiger partial charge in [-0.2, -0.15) is 0 Å². The zero-order valence-electron chi connectivity index (χ0n) is 11.9. The van der Waals surface area contributed by atoms with E-state index in [1.807, 2.05) is 31.2 Å². The van der Waals surface area contributed by atoms with E-state index in [2.05, 4.69) is 9.46 Å². The first-order valence-electron chi connectivity index (χ1n) is 6.48. The number of ether oxygens (including phenoxy) is 1. The van der Waals surface area contributed by atoms with Crippen molar-refractivity contribution in [3.05, 3.63) is 29.8 Å². The van der Waals surface area contributed by atoms with Crippen LogP contribution in [0.3, 0.4) is 0 Å².